The normalized spacial score (nSPS) is 20.4. The number of ether oxygens (including phenoxy) is 2. The molecule has 1 N–H and O–H groups in total. The second kappa shape index (κ2) is 14.5. The largest absolute Gasteiger partial charge is 0.482 e. The van der Waals surface area contributed by atoms with E-state index in [9.17, 15) is 18.3 Å². The van der Waals surface area contributed by atoms with Gasteiger partial charge in [-0.25, -0.2) is 17.5 Å². The van der Waals surface area contributed by atoms with Crippen LogP contribution in [-0.2, 0) is 25.0 Å². The highest BCUT2D eigenvalue weighted by atomic mass is 32.2. The minimum Gasteiger partial charge on any atom is -0.482 e. The summed E-state index contributed by atoms with van der Waals surface area (Å²) in [4.78, 5) is 11.5. The first-order valence-electron chi connectivity index (χ1n) is 16.1. The van der Waals surface area contributed by atoms with Gasteiger partial charge in [-0.1, -0.05) is 101 Å². The summed E-state index contributed by atoms with van der Waals surface area (Å²) < 4.78 is 40.1. The fourth-order valence-corrected chi connectivity index (χ4v) is 7.12. The number of aliphatic carboxylic acids is 1. The van der Waals surface area contributed by atoms with Crippen molar-refractivity contribution in [3.05, 3.63) is 95.6 Å². The van der Waals surface area contributed by atoms with Crippen LogP contribution in [0.4, 0.5) is 0 Å². The standard InChI is InChI=1S/C38H49NO6S/c1-9-10-11-35-32(28-14-12-26(13-15-28)27-16-18-29(19-17-27)38(4,5)6)23-31(25(2)3)37(45-35)33-22-30(46(42,43)39(7)8)20-21-34(33)44-24-36(40)41/h12-22,31-32,35,37H,2,9-11,23-24H2,1,3-8H3,(H,40,41)/t31-,32-,35+,37+/m0/s1. The first-order valence-corrected chi connectivity index (χ1v) is 17.5. The van der Waals surface area contributed by atoms with Crippen LogP contribution >= 0.6 is 0 Å². The number of rotatable bonds is 12. The van der Waals surface area contributed by atoms with Crippen molar-refractivity contribution in [2.45, 2.75) is 88.7 Å². The maximum Gasteiger partial charge on any atom is 0.341 e. The van der Waals surface area contributed by atoms with Crippen LogP contribution in [0, 0.1) is 5.92 Å². The Morgan fingerprint density at radius 2 is 1.63 bits per heavy atom. The summed E-state index contributed by atoms with van der Waals surface area (Å²) in [5.41, 5.74) is 6.33. The monoisotopic (exact) mass is 647 g/mol. The molecule has 1 saturated heterocycles. The van der Waals surface area contributed by atoms with Crippen LogP contribution in [0.25, 0.3) is 11.1 Å². The van der Waals surface area contributed by atoms with E-state index in [4.69, 9.17) is 9.47 Å². The van der Waals surface area contributed by atoms with Gasteiger partial charge in [0.15, 0.2) is 6.61 Å². The lowest BCUT2D eigenvalue weighted by Crippen LogP contribution is -2.36. The lowest BCUT2D eigenvalue weighted by Gasteiger charge is -2.43. The zero-order chi connectivity index (χ0) is 33.8. The van der Waals surface area contributed by atoms with E-state index in [2.05, 4.69) is 82.8 Å². The summed E-state index contributed by atoms with van der Waals surface area (Å²) in [5, 5.41) is 9.34. The lowest BCUT2D eigenvalue weighted by atomic mass is 9.74. The molecule has 1 aliphatic heterocycles. The van der Waals surface area contributed by atoms with E-state index in [-0.39, 0.29) is 28.3 Å². The minimum absolute atomic E-state index is 0.0950. The summed E-state index contributed by atoms with van der Waals surface area (Å²) in [6.07, 6.45) is 2.86. The maximum atomic E-state index is 13.1. The quantitative estimate of drug-likeness (QED) is 0.199. The molecule has 8 heteroatoms. The van der Waals surface area contributed by atoms with Crippen LogP contribution in [0.5, 0.6) is 5.75 Å². The van der Waals surface area contributed by atoms with E-state index in [1.807, 2.05) is 6.92 Å². The number of carboxylic acid groups (broad SMARTS) is 1. The van der Waals surface area contributed by atoms with Crippen molar-refractivity contribution in [1.29, 1.82) is 0 Å². The molecule has 46 heavy (non-hydrogen) atoms. The average Bonchev–Trinajstić information content (AvgIpc) is 3.01. The lowest BCUT2D eigenvalue weighted by molar-refractivity contribution is -0.139. The van der Waals surface area contributed by atoms with E-state index in [1.54, 1.807) is 6.07 Å². The van der Waals surface area contributed by atoms with Gasteiger partial charge in [-0.05, 0) is 65.6 Å². The Morgan fingerprint density at radius 1 is 1.02 bits per heavy atom. The maximum absolute atomic E-state index is 13.1. The summed E-state index contributed by atoms with van der Waals surface area (Å²) in [7, 11) is -0.796. The van der Waals surface area contributed by atoms with Gasteiger partial charge in [-0.2, -0.15) is 0 Å². The van der Waals surface area contributed by atoms with Crippen molar-refractivity contribution in [2.75, 3.05) is 20.7 Å². The first kappa shape index (κ1) is 35.4. The molecule has 248 valence electrons. The number of hydrogen-bond donors (Lipinski definition) is 1. The van der Waals surface area contributed by atoms with Crippen LogP contribution in [0.2, 0.25) is 0 Å². The fourth-order valence-electron chi connectivity index (χ4n) is 6.18. The number of benzene rings is 3. The number of sulfonamides is 1. The molecule has 0 aliphatic carbocycles. The smallest absolute Gasteiger partial charge is 0.341 e. The summed E-state index contributed by atoms with van der Waals surface area (Å²) in [6.45, 7) is 14.5. The van der Waals surface area contributed by atoms with Gasteiger partial charge in [0, 0.05) is 31.5 Å². The molecular weight excluding hydrogens is 598 g/mol. The summed E-state index contributed by atoms with van der Waals surface area (Å²) in [5.74, 6) is -0.881. The highest BCUT2D eigenvalue weighted by molar-refractivity contribution is 7.89. The molecule has 0 unspecified atom stereocenters. The number of unbranched alkanes of at least 4 members (excludes halogenated alkanes) is 1. The zero-order valence-electron chi connectivity index (χ0n) is 28.2. The Kier molecular flexibility index (Phi) is 11.2. The van der Waals surface area contributed by atoms with Crippen molar-refractivity contribution in [2.24, 2.45) is 5.92 Å². The predicted octanol–water partition coefficient (Wildman–Crippen LogP) is 8.36. The van der Waals surface area contributed by atoms with Crippen LogP contribution in [0.15, 0.2) is 83.8 Å². The Balaban J connectivity index is 1.72. The molecule has 1 fully saturated rings. The van der Waals surface area contributed by atoms with Gasteiger partial charge in [0.1, 0.15) is 5.75 Å². The zero-order valence-corrected chi connectivity index (χ0v) is 29.1. The summed E-state index contributed by atoms with van der Waals surface area (Å²) in [6, 6.07) is 22.1. The highest BCUT2D eigenvalue weighted by Gasteiger charge is 2.41. The third kappa shape index (κ3) is 8.08. The van der Waals surface area contributed by atoms with E-state index in [0.717, 1.165) is 41.1 Å². The highest BCUT2D eigenvalue weighted by Crippen LogP contribution is 2.49. The fraction of sp³-hybridized carbons (Fsp3) is 0.447. The molecule has 0 aromatic heterocycles. The molecule has 4 rings (SSSR count). The molecular formula is C38H49NO6S. The van der Waals surface area contributed by atoms with Gasteiger partial charge in [-0.15, -0.1) is 0 Å². The van der Waals surface area contributed by atoms with Crippen LogP contribution in [0.3, 0.4) is 0 Å². The van der Waals surface area contributed by atoms with Crippen molar-refractivity contribution in [1.82, 2.24) is 4.31 Å². The van der Waals surface area contributed by atoms with Gasteiger partial charge in [0.25, 0.3) is 0 Å². The molecule has 0 spiro atoms. The van der Waals surface area contributed by atoms with Crippen molar-refractivity contribution in [3.8, 4) is 16.9 Å². The molecule has 4 atom stereocenters. The van der Waals surface area contributed by atoms with Gasteiger partial charge < -0.3 is 14.6 Å². The van der Waals surface area contributed by atoms with E-state index in [0.29, 0.717) is 11.3 Å². The van der Waals surface area contributed by atoms with Gasteiger partial charge in [0.2, 0.25) is 10.0 Å². The molecule has 0 bridgehead atoms. The Morgan fingerprint density at radius 3 is 2.15 bits per heavy atom. The van der Waals surface area contributed by atoms with E-state index >= 15 is 0 Å². The van der Waals surface area contributed by atoms with Crippen LogP contribution in [-0.4, -0.2) is 50.6 Å². The Bertz CT molecular complexity index is 1620. The first-order chi connectivity index (χ1) is 21.6. The van der Waals surface area contributed by atoms with Gasteiger partial charge in [-0.3, -0.25) is 0 Å². The SMILES string of the molecule is C=C(C)[C@@H]1C[C@@H](c2ccc(-c3ccc(C(C)(C)C)cc3)cc2)[C@@H](CCCC)O[C@H]1c1cc(S(=O)(=O)N(C)C)ccc1OCC(=O)O. The van der Waals surface area contributed by atoms with Gasteiger partial charge >= 0.3 is 5.97 Å². The van der Waals surface area contributed by atoms with E-state index in [1.165, 1.54) is 42.9 Å². The number of nitrogens with zero attached hydrogens (tertiary/aromatic N) is 1. The van der Waals surface area contributed by atoms with Crippen LogP contribution < -0.4 is 4.74 Å². The molecule has 1 aliphatic rings. The van der Waals surface area contributed by atoms with Crippen molar-refractivity contribution >= 4 is 16.0 Å². The minimum atomic E-state index is -3.76. The molecule has 3 aromatic rings. The molecule has 3 aromatic carbocycles. The molecule has 0 saturated carbocycles. The topological polar surface area (TPSA) is 93.1 Å². The average molecular weight is 648 g/mol. The molecule has 0 amide bonds. The second-order valence-electron chi connectivity index (χ2n) is 13.7. The molecule has 0 radical (unpaired) electrons. The van der Waals surface area contributed by atoms with Crippen LogP contribution in [0.1, 0.15) is 89.0 Å². The third-order valence-electron chi connectivity index (χ3n) is 8.96. The van der Waals surface area contributed by atoms with E-state index < -0.39 is 28.7 Å². The Hall–Kier alpha value is -3.46. The molecule has 7 nitrogen and oxygen atoms in total. The second-order valence-corrected chi connectivity index (χ2v) is 15.8. The number of carboxylic acids is 1. The Labute approximate surface area is 275 Å². The predicted molar refractivity (Wildman–Crippen MR) is 184 cm³/mol. The number of hydrogen-bond acceptors (Lipinski definition) is 5. The van der Waals surface area contributed by atoms with Crippen molar-refractivity contribution < 1.29 is 27.8 Å². The number of carbonyl (C=O) groups is 1. The molecule has 1 heterocycles. The van der Waals surface area contributed by atoms with Crippen molar-refractivity contribution in [3.63, 3.8) is 0 Å². The summed E-state index contributed by atoms with van der Waals surface area (Å²) >= 11 is 0. The van der Waals surface area contributed by atoms with Gasteiger partial charge in [0.05, 0.1) is 17.1 Å². The third-order valence-corrected chi connectivity index (χ3v) is 10.8.